The molecule has 1 aliphatic rings. The van der Waals surface area contributed by atoms with E-state index in [-0.39, 0.29) is 11.3 Å². The van der Waals surface area contributed by atoms with E-state index in [1.165, 1.54) is 11.6 Å². The molecule has 136 valence electrons. The fourth-order valence-corrected chi connectivity index (χ4v) is 2.78. The number of amides is 2. The van der Waals surface area contributed by atoms with E-state index >= 15 is 0 Å². The second kappa shape index (κ2) is 8.27. The van der Waals surface area contributed by atoms with Crippen molar-refractivity contribution in [1.82, 2.24) is 15.3 Å². The number of nitrogens with one attached hydrogen (secondary N) is 1. The maximum absolute atomic E-state index is 12.3. The van der Waals surface area contributed by atoms with Crippen molar-refractivity contribution >= 4 is 17.9 Å². The summed E-state index contributed by atoms with van der Waals surface area (Å²) >= 11 is 0. The van der Waals surface area contributed by atoms with Crippen LogP contribution in [0, 0.1) is 5.41 Å². The third kappa shape index (κ3) is 5.69. The molecule has 0 radical (unpaired) electrons. The molecular formula is C19H27N3O3. The van der Waals surface area contributed by atoms with Crippen LogP contribution in [0.25, 0.3) is 6.08 Å². The van der Waals surface area contributed by atoms with Gasteiger partial charge in [0.2, 0.25) is 5.91 Å². The third-order valence-electron chi connectivity index (χ3n) is 4.22. The molecule has 0 bridgehead atoms. The molecule has 1 saturated heterocycles. The number of hydrogen-bond acceptors (Lipinski definition) is 4. The fraction of sp³-hybridized carbons (Fsp3) is 0.474. The van der Waals surface area contributed by atoms with Crippen molar-refractivity contribution in [3.05, 3.63) is 41.5 Å². The highest BCUT2D eigenvalue weighted by atomic mass is 16.5. The largest absolute Gasteiger partial charge is 0.340 e. The van der Waals surface area contributed by atoms with Crippen LogP contribution in [0.4, 0.5) is 0 Å². The van der Waals surface area contributed by atoms with Gasteiger partial charge in [-0.05, 0) is 17.2 Å². The van der Waals surface area contributed by atoms with Gasteiger partial charge in [-0.3, -0.25) is 19.7 Å². The Bertz CT molecular complexity index is 624. The van der Waals surface area contributed by atoms with Crippen molar-refractivity contribution in [1.29, 1.82) is 0 Å². The first-order chi connectivity index (χ1) is 11.8. The summed E-state index contributed by atoms with van der Waals surface area (Å²) in [5, 5.41) is 8.46. The first-order valence-corrected chi connectivity index (χ1v) is 8.52. The van der Waals surface area contributed by atoms with Gasteiger partial charge in [-0.1, -0.05) is 45.0 Å². The Hall–Kier alpha value is -2.18. The average molecular weight is 345 g/mol. The Labute approximate surface area is 149 Å². The summed E-state index contributed by atoms with van der Waals surface area (Å²) in [6, 6.07) is 7.94. The molecule has 25 heavy (non-hydrogen) atoms. The molecule has 0 saturated carbocycles. The van der Waals surface area contributed by atoms with Crippen LogP contribution in [0.15, 0.2) is 30.3 Å². The molecule has 0 spiro atoms. The Balaban J connectivity index is 1.85. The van der Waals surface area contributed by atoms with Crippen LogP contribution in [-0.2, 0) is 16.1 Å². The van der Waals surface area contributed by atoms with E-state index in [4.69, 9.17) is 5.21 Å². The fourth-order valence-electron chi connectivity index (χ4n) is 2.78. The lowest BCUT2D eigenvalue weighted by molar-refractivity contribution is -0.141. The summed E-state index contributed by atoms with van der Waals surface area (Å²) < 4.78 is 0. The van der Waals surface area contributed by atoms with Gasteiger partial charge in [0.15, 0.2) is 0 Å². The SMILES string of the molecule is CC(C)(C)C(=O)N1CCN(Cc2ccc(/C=C/C(=O)NO)cc2)CC1. The standard InChI is InChI=1S/C19H27N3O3/c1-19(2,3)18(24)22-12-10-21(11-13-22)14-16-6-4-15(5-7-16)8-9-17(23)20-25/h4-9,25H,10-14H2,1-3H3,(H,20,23)/b9-8+. The van der Waals surface area contributed by atoms with Gasteiger partial charge in [-0.15, -0.1) is 0 Å². The van der Waals surface area contributed by atoms with Crippen LogP contribution < -0.4 is 5.48 Å². The molecule has 1 aromatic carbocycles. The molecule has 2 N–H and O–H groups in total. The molecule has 2 amide bonds. The molecule has 6 heteroatoms. The predicted octanol–water partition coefficient (Wildman–Crippen LogP) is 1.90. The summed E-state index contributed by atoms with van der Waals surface area (Å²) in [6.45, 7) is 10.0. The highest BCUT2D eigenvalue weighted by Crippen LogP contribution is 2.19. The summed E-state index contributed by atoms with van der Waals surface area (Å²) in [6.07, 6.45) is 2.92. The minimum absolute atomic E-state index is 0.218. The van der Waals surface area contributed by atoms with Gasteiger partial charge in [0.05, 0.1) is 0 Å². The smallest absolute Gasteiger partial charge is 0.267 e. The van der Waals surface area contributed by atoms with Gasteiger partial charge >= 0.3 is 0 Å². The minimum Gasteiger partial charge on any atom is -0.340 e. The van der Waals surface area contributed by atoms with E-state index in [2.05, 4.69) is 4.90 Å². The van der Waals surface area contributed by atoms with Crippen molar-refractivity contribution < 1.29 is 14.8 Å². The third-order valence-corrected chi connectivity index (χ3v) is 4.22. The van der Waals surface area contributed by atoms with E-state index in [1.807, 2.05) is 49.9 Å². The zero-order valence-electron chi connectivity index (χ0n) is 15.2. The molecule has 1 aliphatic heterocycles. The molecule has 0 atom stereocenters. The number of hydrogen-bond donors (Lipinski definition) is 2. The lowest BCUT2D eigenvalue weighted by atomic mass is 9.94. The van der Waals surface area contributed by atoms with Crippen molar-refractivity contribution in [2.24, 2.45) is 5.41 Å². The Kier molecular flexibility index (Phi) is 6.33. The first kappa shape index (κ1) is 19.1. The van der Waals surface area contributed by atoms with Gasteiger partial charge in [0, 0.05) is 44.2 Å². The topological polar surface area (TPSA) is 72.9 Å². The molecule has 1 aromatic rings. The molecular weight excluding hydrogens is 318 g/mol. The van der Waals surface area contributed by atoms with Gasteiger partial charge in [0.25, 0.3) is 5.91 Å². The predicted molar refractivity (Wildman–Crippen MR) is 96.7 cm³/mol. The van der Waals surface area contributed by atoms with Crippen LogP contribution in [0.2, 0.25) is 0 Å². The van der Waals surface area contributed by atoms with Crippen molar-refractivity contribution in [2.75, 3.05) is 26.2 Å². The lowest BCUT2D eigenvalue weighted by Gasteiger charge is -2.37. The van der Waals surface area contributed by atoms with Gasteiger partial charge < -0.3 is 4.90 Å². The summed E-state index contributed by atoms with van der Waals surface area (Å²) in [7, 11) is 0. The summed E-state index contributed by atoms with van der Waals surface area (Å²) in [5.74, 6) is -0.332. The number of benzene rings is 1. The molecule has 6 nitrogen and oxygen atoms in total. The molecule has 0 aromatic heterocycles. The maximum Gasteiger partial charge on any atom is 0.267 e. The van der Waals surface area contributed by atoms with Crippen LogP contribution in [0.1, 0.15) is 31.9 Å². The van der Waals surface area contributed by atoms with E-state index in [0.717, 1.165) is 38.3 Å². The number of piperazine rings is 1. The monoisotopic (exact) mass is 345 g/mol. The summed E-state index contributed by atoms with van der Waals surface area (Å²) in [5.41, 5.74) is 3.33. The highest BCUT2D eigenvalue weighted by molar-refractivity contribution is 5.90. The molecule has 0 unspecified atom stereocenters. The summed E-state index contributed by atoms with van der Waals surface area (Å²) in [4.78, 5) is 27.6. The lowest BCUT2D eigenvalue weighted by Crippen LogP contribution is -2.51. The second-order valence-corrected chi connectivity index (χ2v) is 7.37. The van der Waals surface area contributed by atoms with Gasteiger partial charge in [-0.2, -0.15) is 0 Å². The second-order valence-electron chi connectivity index (χ2n) is 7.37. The average Bonchev–Trinajstić information content (AvgIpc) is 2.60. The van der Waals surface area contributed by atoms with Crippen LogP contribution in [-0.4, -0.2) is 53.0 Å². The maximum atomic E-state index is 12.3. The van der Waals surface area contributed by atoms with Gasteiger partial charge in [-0.25, -0.2) is 5.48 Å². The Morgan fingerprint density at radius 2 is 1.72 bits per heavy atom. The molecule has 1 heterocycles. The Morgan fingerprint density at radius 1 is 1.12 bits per heavy atom. The van der Waals surface area contributed by atoms with Crippen molar-refractivity contribution in [2.45, 2.75) is 27.3 Å². The van der Waals surface area contributed by atoms with Crippen LogP contribution in [0.5, 0.6) is 0 Å². The molecule has 0 aliphatic carbocycles. The minimum atomic E-state index is -0.549. The number of rotatable bonds is 4. The van der Waals surface area contributed by atoms with Crippen molar-refractivity contribution in [3.8, 4) is 0 Å². The van der Waals surface area contributed by atoms with Gasteiger partial charge in [0.1, 0.15) is 0 Å². The molecule has 2 rings (SSSR count). The number of carbonyl (C=O) groups is 2. The molecule has 1 fully saturated rings. The number of carbonyl (C=O) groups excluding carboxylic acids is 2. The number of hydroxylamine groups is 1. The van der Waals surface area contributed by atoms with Crippen molar-refractivity contribution in [3.63, 3.8) is 0 Å². The van der Waals surface area contributed by atoms with E-state index < -0.39 is 5.91 Å². The first-order valence-electron chi connectivity index (χ1n) is 8.52. The van der Waals surface area contributed by atoms with E-state index in [0.29, 0.717) is 0 Å². The van der Waals surface area contributed by atoms with E-state index in [9.17, 15) is 9.59 Å². The normalized spacial score (nSPS) is 16.2. The van der Waals surface area contributed by atoms with Crippen LogP contribution >= 0.6 is 0 Å². The Morgan fingerprint density at radius 3 is 2.24 bits per heavy atom. The van der Waals surface area contributed by atoms with E-state index in [1.54, 1.807) is 11.6 Å². The quantitative estimate of drug-likeness (QED) is 0.497. The van der Waals surface area contributed by atoms with Crippen LogP contribution in [0.3, 0.4) is 0 Å². The zero-order valence-corrected chi connectivity index (χ0v) is 15.2. The highest BCUT2D eigenvalue weighted by Gasteiger charge is 2.29. The zero-order chi connectivity index (χ0) is 18.4. The number of nitrogens with zero attached hydrogens (tertiary/aromatic N) is 2.